The van der Waals surface area contributed by atoms with Crippen molar-refractivity contribution in [2.45, 2.75) is 0 Å². The quantitative estimate of drug-likeness (QED) is 0.799. The first-order chi connectivity index (χ1) is 8.20. The van der Waals surface area contributed by atoms with Crippen LogP contribution in [0.2, 0.25) is 0 Å². The molecule has 1 aromatic carbocycles. The molecule has 1 heterocycles. The average molecular weight is 232 g/mol. The molecule has 84 valence electrons. The van der Waals surface area contributed by atoms with Crippen molar-refractivity contribution in [2.75, 3.05) is 0 Å². The van der Waals surface area contributed by atoms with Crippen molar-refractivity contribution in [3.8, 4) is 17.6 Å². The van der Waals surface area contributed by atoms with Gasteiger partial charge in [-0.15, -0.1) is 0 Å². The number of hydrogen-bond donors (Lipinski definition) is 0. The molecule has 17 heavy (non-hydrogen) atoms. The zero-order chi connectivity index (χ0) is 12.3. The Morgan fingerprint density at radius 1 is 1.18 bits per heavy atom. The first-order valence-electron chi connectivity index (χ1n) is 4.69. The molecule has 2 rings (SSSR count). The summed E-state index contributed by atoms with van der Waals surface area (Å²) in [6.45, 7) is 0. The molecule has 0 N–H and O–H groups in total. The van der Waals surface area contributed by atoms with Crippen molar-refractivity contribution in [1.29, 1.82) is 5.26 Å². The number of halogens is 2. The van der Waals surface area contributed by atoms with Gasteiger partial charge in [0.1, 0.15) is 11.9 Å². The molecule has 0 radical (unpaired) electrons. The van der Waals surface area contributed by atoms with Crippen LogP contribution >= 0.6 is 0 Å². The molecule has 0 saturated carbocycles. The van der Waals surface area contributed by atoms with Crippen molar-refractivity contribution >= 4 is 0 Å². The largest absolute Gasteiger partial charge is 0.451 e. The van der Waals surface area contributed by atoms with Crippen molar-refractivity contribution in [3.63, 3.8) is 0 Å². The predicted octanol–water partition coefficient (Wildman–Crippen LogP) is 3.02. The van der Waals surface area contributed by atoms with Gasteiger partial charge in [0.15, 0.2) is 23.0 Å². The van der Waals surface area contributed by atoms with Crippen LogP contribution in [-0.2, 0) is 0 Å². The van der Waals surface area contributed by atoms with Crippen LogP contribution in [-0.4, -0.2) is 4.98 Å². The molecule has 0 aliphatic heterocycles. The molecule has 0 aliphatic rings. The third kappa shape index (κ3) is 2.37. The molecule has 0 spiro atoms. The van der Waals surface area contributed by atoms with Gasteiger partial charge < -0.3 is 4.74 Å². The normalized spacial score (nSPS) is 9.71. The molecule has 0 atom stereocenters. The Hall–Kier alpha value is -2.48. The van der Waals surface area contributed by atoms with Crippen LogP contribution in [0.5, 0.6) is 11.5 Å². The lowest BCUT2D eigenvalue weighted by molar-refractivity contribution is 0.433. The van der Waals surface area contributed by atoms with Crippen LogP contribution < -0.4 is 4.74 Å². The number of hydrogen-bond acceptors (Lipinski definition) is 3. The van der Waals surface area contributed by atoms with E-state index < -0.39 is 11.6 Å². The smallest absolute Gasteiger partial charge is 0.183 e. The number of aromatic nitrogens is 1. The Morgan fingerprint density at radius 3 is 2.76 bits per heavy atom. The first kappa shape index (κ1) is 11.0. The molecule has 0 unspecified atom stereocenters. The SMILES string of the molecule is N#Cc1ncccc1Oc1cc(F)ccc1F. The molecular formula is C12H6F2N2O. The van der Waals surface area contributed by atoms with Gasteiger partial charge in [0.2, 0.25) is 0 Å². The van der Waals surface area contributed by atoms with E-state index in [-0.39, 0.29) is 17.2 Å². The summed E-state index contributed by atoms with van der Waals surface area (Å²) in [7, 11) is 0. The molecule has 1 aromatic heterocycles. The highest BCUT2D eigenvalue weighted by Crippen LogP contribution is 2.26. The highest BCUT2D eigenvalue weighted by Gasteiger charge is 2.09. The molecule has 2 aromatic rings. The van der Waals surface area contributed by atoms with Crippen LogP contribution in [0.25, 0.3) is 0 Å². The summed E-state index contributed by atoms with van der Waals surface area (Å²) >= 11 is 0. The topological polar surface area (TPSA) is 45.9 Å². The summed E-state index contributed by atoms with van der Waals surface area (Å²) in [4.78, 5) is 3.74. The van der Waals surface area contributed by atoms with Crippen LogP contribution in [0.15, 0.2) is 36.5 Å². The minimum Gasteiger partial charge on any atom is -0.451 e. The lowest BCUT2D eigenvalue weighted by atomic mass is 10.3. The lowest BCUT2D eigenvalue weighted by Gasteiger charge is -2.07. The standard InChI is InChI=1S/C12H6F2N2O/c13-8-3-4-9(14)12(6-8)17-11-2-1-5-16-10(11)7-15/h1-6H. The van der Waals surface area contributed by atoms with Gasteiger partial charge in [-0.2, -0.15) is 5.26 Å². The van der Waals surface area contributed by atoms with Crippen molar-refractivity contribution in [3.05, 3.63) is 53.9 Å². The maximum atomic E-state index is 13.3. The highest BCUT2D eigenvalue weighted by molar-refractivity contribution is 5.40. The van der Waals surface area contributed by atoms with Crippen LogP contribution in [0.3, 0.4) is 0 Å². The number of rotatable bonds is 2. The van der Waals surface area contributed by atoms with E-state index in [0.717, 1.165) is 18.2 Å². The summed E-state index contributed by atoms with van der Waals surface area (Å²) in [5.74, 6) is -1.53. The molecule has 0 fully saturated rings. The summed E-state index contributed by atoms with van der Waals surface area (Å²) in [5, 5.41) is 8.76. The highest BCUT2D eigenvalue weighted by atomic mass is 19.1. The minimum atomic E-state index is -0.709. The van der Waals surface area contributed by atoms with E-state index in [9.17, 15) is 8.78 Å². The fourth-order valence-corrected chi connectivity index (χ4v) is 1.23. The fourth-order valence-electron chi connectivity index (χ4n) is 1.23. The summed E-state index contributed by atoms with van der Waals surface area (Å²) in [5.41, 5.74) is 0.0103. The zero-order valence-electron chi connectivity index (χ0n) is 8.52. The van der Waals surface area contributed by atoms with Gasteiger partial charge in [0.05, 0.1) is 0 Å². The van der Waals surface area contributed by atoms with Gasteiger partial charge in [0.25, 0.3) is 0 Å². The van der Waals surface area contributed by atoms with Gasteiger partial charge in [-0.05, 0) is 24.3 Å². The van der Waals surface area contributed by atoms with E-state index >= 15 is 0 Å². The van der Waals surface area contributed by atoms with E-state index in [0.29, 0.717) is 0 Å². The number of nitrogens with zero attached hydrogens (tertiary/aromatic N) is 2. The lowest BCUT2D eigenvalue weighted by Crippen LogP contribution is -1.93. The number of benzene rings is 1. The number of ether oxygens (including phenoxy) is 1. The second kappa shape index (κ2) is 4.58. The Bertz CT molecular complexity index is 593. The molecule has 5 heteroatoms. The maximum Gasteiger partial charge on any atom is 0.183 e. The van der Waals surface area contributed by atoms with E-state index in [1.54, 1.807) is 6.07 Å². The average Bonchev–Trinajstić information content (AvgIpc) is 2.34. The summed E-state index contributed by atoms with van der Waals surface area (Å²) in [6, 6.07) is 7.63. The van der Waals surface area contributed by atoms with Gasteiger partial charge in [-0.3, -0.25) is 0 Å². The number of pyridine rings is 1. The molecular weight excluding hydrogens is 226 g/mol. The van der Waals surface area contributed by atoms with Gasteiger partial charge in [0, 0.05) is 12.3 Å². The summed E-state index contributed by atoms with van der Waals surface area (Å²) in [6.07, 6.45) is 1.41. The van der Waals surface area contributed by atoms with Crippen LogP contribution in [0.1, 0.15) is 5.69 Å². The molecule has 3 nitrogen and oxygen atoms in total. The Morgan fingerprint density at radius 2 is 2.00 bits per heavy atom. The van der Waals surface area contributed by atoms with Crippen molar-refractivity contribution < 1.29 is 13.5 Å². The molecule has 0 aliphatic carbocycles. The molecule has 0 bridgehead atoms. The number of nitriles is 1. The van der Waals surface area contributed by atoms with Crippen molar-refractivity contribution in [1.82, 2.24) is 4.98 Å². The molecule has 0 amide bonds. The predicted molar refractivity (Wildman–Crippen MR) is 55.4 cm³/mol. The third-order valence-corrected chi connectivity index (χ3v) is 1.99. The second-order valence-corrected chi connectivity index (χ2v) is 3.14. The molecule has 0 saturated heterocycles. The van der Waals surface area contributed by atoms with Crippen LogP contribution in [0.4, 0.5) is 8.78 Å². The summed E-state index contributed by atoms with van der Waals surface area (Å²) < 4.78 is 31.3. The van der Waals surface area contributed by atoms with Crippen molar-refractivity contribution in [2.24, 2.45) is 0 Å². The fraction of sp³-hybridized carbons (Fsp3) is 0. The van der Waals surface area contributed by atoms with Crippen LogP contribution in [0, 0.1) is 23.0 Å². The maximum absolute atomic E-state index is 13.3. The Balaban J connectivity index is 2.38. The monoisotopic (exact) mass is 232 g/mol. The Kier molecular flexibility index (Phi) is 2.97. The second-order valence-electron chi connectivity index (χ2n) is 3.14. The third-order valence-electron chi connectivity index (χ3n) is 1.99. The first-order valence-corrected chi connectivity index (χ1v) is 4.69. The zero-order valence-corrected chi connectivity index (χ0v) is 8.52. The van der Waals surface area contributed by atoms with E-state index in [1.165, 1.54) is 18.3 Å². The van der Waals surface area contributed by atoms with E-state index in [2.05, 4.69) is 4.98 Å². The Labute approximate surface area is 95.9 Å². The minimum absolute atomic E-state index is 0.0103. The van der Waals surface area contributed by atoms with Gasteiger partial charge in [-0.25, -0.2) is 13.8 Å². The van der Waals surface area contributed by atoms with Gasteiger partial charge >= 0.3 is 0 Å². The van der Waals surface area contributed by atoms with E-state index in [1.807, 2.05) is 0 Å². The van der Waals surface area contributed by atoms with E-state index in [4.69, 9.17) is 10.00 Å². The van der Waals surface area contributed by atoms with Gasteiger partial charge in [-0.1, -0.05) is 0 Å².